The van der Waals surface area contributed by atoms with Crippen LogP contribution in [0.1, 0.15) is 57.8 Å². The topological polar surface area (TPSA) is 27.7 Å². The van der Waals surface area contributed by atoms with Gasteiger partial charge in [0.1, 0.15) is 0 Å². The second kappa shape index (κ2) is 17.2. The summed E-state index contributed by atoms with van der Waals surface area (Å²) in [6.45, 7) is 7.51. The summed E-state index contributed by atoms with van der Waals surface area (Å²) in [6.07, 6.45) is 14.9. The molecule has 130 valence electrons. The first-order chi connectivity index (χ1) is 10.8. The molecular weight excluding hydrogens is 308 g/mol. The molecule has 0 aliphatic rings. The maximum atomic E-state index is 6.18. The Hall–Kier alpha value is -0.206. The SMILES string of the molecule is C=CCCCCCC[SiH](OC)O[SiH](CCCCCC=C)OC. The largest absolute Gasteiger partial charge is 0.419 e. The molecule has 0 rings (SSSR count). The normalized spacial score (nSPS) is 13.7. The lowest BCUT2D eigenvalue weighted by molar-refractivity contribution is 0.276. The van der Waals surface area contributed by atoms with E-state index in [1.807, 2.05) is 12.2 Å². The molecule has 3 nitrogen and oxygen atoms in total. The van der Waals surface area contributed by atoms with E-state index in [1.54, 1.807) is 14.2 Å². The molecule has 0 bridgehead atoms. The van der Waals surface area contributed by atoms with Gasteiger partial charge in [-0.2, -0.15) is 0 Å². The fourth-order valence-corrected chi connectivity index (χ4v) is 7.43. The molecule has 0 aromatic rings. The van der Waals surface area contributed by atoms with Gasteiger partial charge >= 0.3 is 18.6 Å². The number of hydrogen-bond donors (Lipinski definition) is 0. The average molecular weight is 345 g/mol. The van der Waals surface area contributed by atoms with E-state index in [1.165, 1.54) is 44.9 Å². The zero-order valence-electron chi connectivity index (χ0n) is 14.7. The molecule has 2 unspecified atom stereocenters. The highest BCUT2D eigenvalue weighted by Crippen LogP contribution is 2.13. The minimum atomic E-state index is -1.51. The van der Waals surface area contributed by atoms with Crippen LogP contribution in [0.15, 0.2) is 25.3 Å². The molecule has 0 spiro atoms. The Kier molecular flexibility index (Phi) is 17.0. The second-order valence-electron chi connectivity index (χ2n) is 5.67. The monoisotopic (exact) mass is 344 g/mol. The van der Waals surface area contributed by atoms with Crippen LogP contribution in [0.4, 0.5) is 0 Å². The van der Waals surface area contributed by atoms with Gasteiger partial charge in [0, 0.05) is 14.2 Å². The van der Waals surface area contributed by atoms with Crippen molar-refractivity contribution in [3.63, 3.8) is 0 Å². The highest BCUT2D eigenvalue weighted by atomic mass is 28.4. The van der Waals surface area contributed by atoms with Crippen LogP contribution < -0.4 is 0 Å². The van der Waals surface area contributed by atoms with Gasteiger partial charge in [-0.1, -0.05) is 44.3 Å². The molecule has 0 amide bonds. The lowest BCUT2D eigenvalue weighted by Crippen LogP contribution is -2.32. The van der Waals surface area contributed by atoms with Gasteiger partial charge in [-0.05, 0) is 37.8 Å². The maximum Gasteiger partial charge on any atom is 0.312 e. The Bertz CT molecular complexity index is 262. The summed E-state index contributed by atoms with van der Waals surface area (Å²) >= 11 is 0. The lowest BCUT2D eigenvalue weighted by atomic mass is 10.1. The highest BCUT2D eigenvalue weighted by molar-refractivity contribution is 6.59. The van der Waals surface area contributed by atoms with Crippen LogP contribution in [0.25, 0.3) is 0 Å². The summed E-state index contributed by atoms with van der Waals surface area (Å²) in [5.41, 5.74) is 0. The Labute approximate surface area is 141 Å². The van der Waals surface area contributed by atoms with Crippen LogP contribution in [0.5, 0.6) is 0 Å². The molecule has 0 saturated heterocycles. The minimum absolute atomic E-state index is 1.10. The molecule has 0 aliphatic carbocycles. The van der Waals surface area contributed by atoms with Crippen molar-refractivity contribution in [3.8, 4) is 0 Å². The second-order valence-corrected chi connectivity index (χ2v) is 10.6. The summed E-state index contributed by atoms with van der Waals surface area (Å²) in [5.74, 6) is 0. The van der Waals surface area contributed by atoms with Gasteiger partial charge in [0.2, 0.25) is 0 Å². The molecule has 2 atom stereocenters. The van der Waals surface area contributed by atoms with Gasteiger partial charge < -0.3 is 13.0 Å². The molecule has 0 N–H and O–H groups in total. The predicted molar refractivity (Wildman–Crippen MR) is 101 cm³/mol. The standard InChI is InChI=1S/C17H36O3Si2/c1-5-7-9-11-13-15-17-22(19-4)20-21(18-3)16-14-12-10-8-6-2/h5-6,21-22H,1-2,7-17H2,3-4H3. The summed E-state index contributed by atoms with van der Waals surface area (Å²) in [7, 11) is 0.556. The van der Waals surface area contributed by atoms with Crippen molar-refractivity contribution < 1.29 is 13.0 Å². The van der Waals surface area contributed by atoms with E-state index in [4.69, 9.17) is 13.0 Å². The molecule has 0 saturated carbocycles. The van der Waals surface area contributed by atoms with E-state index < -0.39 is 18.6 Å². The molecule has 22 heavy (non-hydrogen) atoms. The fourth-order valence-electron chi connectivity index (χ4n) is 2.38. The minimum Gasteiger partial charge on any atom is -0.419 e. The van der Waals surface area contributed by atoms with Crippen molar-refractivity contribution in [1.29, 1.82) is 0 Å². The van der Waals surface area contributed by atoms with Gasteiger partial charge in [-0.3, -0.25) is 0 Å². The quantitative estimate of drug-likeness (QED) is 0.219. The molecule has 0 aliphatic heterocycles. The van der Waals surface area contributed by atoms with Crippen LogP contribution in [-0.4, -0.2) is 32.8 Å². The van der Waals surface area contributed by atoms with E-state index in [0.29, 0.717) is 0 Å². The van der Waals surface area contributed by atoms with Gasteiger partial charge in [0.25, 0.3) is 0 Å². The molecular formula is C17H36O3Si2. The Balaban J connectivity index is 3.75. The van der Waals surface area contributed by atoms with Gasteiger partial charge in [0.05, 0.1) is 0 Å². The zero-order chi connectivity index (χ0) is 16.5. The van der Waals surface area contributed by atoms with Crippen molar-refractivity contribution in [1.82, 2.24) is 0 Å². The first kappa shape index (κ1) is 21.8. The number of allylic oxidation sites excluding steroid dienone is 2. The third kappa shape index (κ3) is 13.5. The van der Waals surface area contributed by atoms with E-state index in [2.05, 4.69) is 13.2 Å². The number of rotatable bonds is 17. The van der Waals surface area contributed by atoms with Crippen molar-refractivity contribution in [2.45, 2.75) is 69.9 Å². The molecule has 5 heteroatoms. The van der Waals surface area contributed by atoms with Crippen molar-refractivity contribution in [3.05, 3.63) is 25.3 Å². The van der Waals surface area contributed by atoms with E-state index in [9.17, 15) is 0 Å². The first-order valence-corrected chi connectivity index (χ1v) is 12.2. The number of hydrogen-bond acceptors (Lipinski definition) is 3. The van der Waals surface area contributed by atoms with Crippen molar-refractivity contribution >= 4 is 18.6 Å². The van der Waals surface area contributed by atoms with Crippen molar-refractivity contribution in [2.75, 3.05) is 14.2 Å². The van der Waals surface area contributed by atoms with E-state index in [0.717, 1.165) is 24.9 Å². The van der Waals surface area contributed by atoms with Gasteiger partial charge in [0.15, 0.2) is 0 Å². The average Bonchev–Trinajstić information content (AvgIpc) is 2.55. The smallest absolute Gasteiger partial charge is 0.312 e. The Morgan fingerprint density at radius 2 is 1.09 bits per heavy atom. The zero-order valence-corrected chi connectivity index (χ0v) is 17.0. The van der Waals surface area contributed by atoms with E-state index in [-0.39, 0.29) is 0 Å². The fraction of sp³-hybridized carbons (Fsp3) is 0.765. The number of unbranched alkanes of at least 4 members (excludes halogenated alkanes) is 7. The first-order valence-electron chi connectivity index (χ1n) is 8.71. The molecule has 0 aromatic carbocycles. The Morgan fingerprint density at radius 1 is 0.682 bits per heavy atom. The molecule has 0 fully saturated rings. The van der Waals surface area contributed by atoms with Gasteiger partial charge in [-0.15, -0.1) is 13.2 Å². The third-order valence-corrected chi connectivity index (χ3v) is 9.01. The third-order valence-electron chi connectivity index (χ3n) is 3.78. The predicted octanol–water partition coefficient (Wildman–Crippen LogP) is 4.62. The van der Waals surface area contributed by atoms with Crippen LogP contribution in [-0.2, 0) is 13.0 Å². The summed E-state index contributed by atoms with van der Waals surface area (Å²) < 4.78 is 17.4. The molecule has 0 radical (unpaired) electrons. The van der Waals surface area contributed by atoms with E-state index >= 15 is 0 Å². The van der Waals surface area contributed by atoms with Crippen molar-refractivity contribution in [2.24, 2.45) is 0 Å². The highest BCUT2D eigenvalue weighted by Gasteiger charge is 2.19. The summed E-state index contributed by atoms with van der Waals surface area (Å²) in [6, 6.07) is 2.20. The summed E-state index contributed by atoms with van der Waals surface area (Å²) in [5, 5.41) is 0. The lowest BCUT2D eigenvalue weighted by Gasteiger charge is -2.20. The van der Waals surface area contributed by atoms with Crippen LogP contribution in [0.3, 0.4) is 0 Å². The van der Waals surface area contributed by atoms with Crippen LogP contribution in [0.2, 0.25) is 12.1 Å². The maximum absolute atomic E-state index is 6.18. The molecule has 0 heterocycles. The van der Waals surface area contributed by atoms with Crippen LogP contribution >= 0.6 is 0 Å². The Morgan fingerprint density at radius 3 is 1.50 bits per heavy atom. The molecule has 0 aromatic heterocycles. The van der Waals surface area contributed by atoms with Gasteiger partial charge in [-0.25, -0.2) is 0 Å². The summed E-state index contributed by atoms with van der Waals surface area (Å²) in [4.78, 5) is 0. The van der Waals surface area contributed by atoms with Crippen LogP contribution in [0, 0.1) is 0 Å².